The molecule has 0 atom stereocenters. The number of nitrogens with one attached hydrogen (secondary N) is 1. The van der Waals surface area contributed by atoms with E-state index in [0.29, 0.717) is 11.4 Å². The fourth-order valence-corrected chi connectivity index (χ4v) is 6.35. The molecule has 1 saturated heterocycles. The van der Waals surface area contributed by atoms with Gasteiger partial charge in [0, 0.05) is 39.8 Å². The number of methoxy groups -OCH3 is 2. The number of hydrogen-bond donors (Lipinski definition) is 1. The highest BCUT2D eigenvalue weighted by atomic mass is 32.2. The van der Waals surface area contributed by atoms with Crippen molar-refractivity contribution in [3.8, 4) is 5.75 Å². The number of piperazine rings is 1. The minimum atomic E-state index is -4.82. The van der Waals surface area contributed by atoms with E-state index in [4.69, 9.17) is 9.47 Å². The maximum Gasteiger partial charge on any atom is 0.417 e. The molecule has 1 aliphatic rings. The van der Waals surface area contributed by atoms with Gasteiger partial charge in [0.25, 0.3) is 0 Å². The summed E-state index contributed by atoms with van der Waals surface area (Å²) in [6.45, 7) is 0.308. The van der Waals surface area contributed by atoms with E-state index < -0.39 is 36.7 Å². The van der Waals surface area contributed by atoms with E-state index in [1.54, 1.807) is 4.90 Å². The minimum absolute atomic E-state index is 0.0152. The summed E-state index contributed by atoms with van der Waals surface area (Å²) in [5.74, 6) is 0.375. The second kappa shape index (κ2) is 10.7. The van der Waals surface area contributed by atoms with Crippen LogP contribution in [0.2, 0.25) is 0 Å². The Kier molecular flexibility index (Phi) is 8.32. The molecule has 0 amide bonds. The highest BCUT2D eigenvalue weighted by Gasteiger charge is 2.39. The second-order valence-corrected chi connectivity index (χ2v) is 11.3. The third kappa shape index (κ3) is 6.06. The van der Waals surface area contributed by atoms with Crippen molar-refractivity contribution in [1.29, 1.82) is 0 Å². The molecule has 14 heteroatoms. The summed E-state index contributed by atoms with van der Waals surface area (Å²) in [6, 6.07) is 8.35. The number of halogens is 3. The Labute approximate surface area is 202 Å². The predicted octanol–water partition coefficient (Wildman–Crippen LogP) is 2.15. The summed E-state index contributed by atoms with van der Waals surface area (Å²) in [7, 11) is -5.38. The van der Waals surface area contributed by atoms with Gasteiger partial charge in [-0.2, -0.15) is 17.5 Å². The Morgan fingerprint density at radius 1 is 0.971 bits per heavy atom. The van der Waals surface area contributed by atoms with Crippen molar-refractivity contribution in [3.63, 3.8) is 0 Å². The standard InChI is InChI=1S/C21H26F3N3O6S2/c1-32-14-9-25-34(28,29)16-7-8-19(33-2)18(15-16)26-10-12-27(13-11-26)35(30,31)20-6-4-3-5-17(20)21(22,23)24/h3-8,15,25H,9-14H2,1-2H3. The number of anilines is 1. The lowest BCUT2D eigenvalue weighted by Gasteiger charge is -2.36. The molecule has 1 heterocycles. The van der Waals surface area contributed by atoms with Crippen LogP contribution in [0.15, 0.2) is 52.3 Å². The molecule has 9 nitrogen and oxygen atoms in total. The lowest BCUT2D eigenvalue weighted by atomic mass is 10.2. The first-order valence-electron chi connectivity index (χ1n) is 10.5. The Morgan fingerprint density at radius 3 is 2.23 bits per heavy atom. The molecule has 0 aliphatic carbocycles. The number of benzene rings is 2. The van der Waals surface area contributed by atoms with E-state index in [1.165, 1.54) is 38.5 Å². The van der Waals surface area contributed by atoms with Gasteiger partial charge in [0.1, 0.15) is 5.75 Å². The number of rotatable bonds is 9. The van der Waals surface area contributed by atoms with Gasteiger partial charge in [-0.05, 0) is 30.3 Å². The Morgan fingerprint density at radius 2 is 1.63 bits per heavy atom. The van der Waals surface area contributed by atoms with Crippen molar-refractivity contribution >= 4 is 25.7 Å². The van der Waals surface area contributed by atoms with Crippen LogP contribution >= 0.6 is 0 Å². The van der Waals surface area contributed by atoms with Crippen LogP contribution in [-0.2, 0) is 31.0 Å². The van der Waals surface area contributed by atoms with Gasteiger partial charge >= 0.3 is 6.18 Å². The van der Waals surface area contributed by atoms with E-state index in [1.807, 2.05) is 0 Å². The first kappa shape index (κ1) is 27.2. The van der Waals surface area contributed by atoms with Gasteiger partial charge < -0.3 is 14.4 Å². The summed E-state index contributed by atoms with van der Waals surface area (Å²) in [6.07, 6.45) is -4.82. The average molecular weight is 538 g/mol. The fourth-order valence-electron chi connectivity index (χ4n) is 3.68. The molecule has 35 heavy (non-hydrogen) atoms. The van der Waals surface area contributed by atoms with Crippen LogP contribution < -0.4 is 14.4 Å². The van der Waals surface area contributed by atoms with Crippen LogP contribution in [0.3, 0.4) is 0 Å². The monoisotopic (exact) mass is 537 g/mol. The normalized spacial score (nSPS) is 15.9. The first-order valence-corrected chi connectivity index (χ1v) is 13.4. The summed E-state index contributed by atoms with van der Waals surface area (Å²) >= 11 is 0. The molecular formula is C21H26F3N3O6S2. The summed E-state index contributed by atoms with van der Waals surface area (Å²) < 4.78 is 105. The average Bonchev–Trinajstić information content (AvgIpc) is 2.83. The summed E-state index contributed by atoms with van der Waals surface area (Å²) in [4.78, 5) is 0.918. The van der Waals surface area contributed by atoms with Crippen molar-refractivity contribution in [3.05, 3.63) is 48.0 Å². The van der Waals surface area contributed by atoms with E-state index in [9.17, 15) is 30.0 Å². The van der Waals surface area contributed by atoms with Crippen molar-refractivity contribution in [2.24, 2.45) is 0 Å². The molecule has 194 valence electrons. The summed E-state index contributed by atoms with van der Waals surface area (Å²) in [5.41, 5.74) is -0.794. The van der Waals surface area contributed by atoms with Gasteiger partial charge in [-0.1, -0.05) is 12.1 Å². The maximum absolute atomic E-state index is 13.4. The Balaban J connectivity index is 1.82. The van der Waals surface area contributed by atoms with Crippen LogP contribution in [0.1, 0.15) is 5.56 Å². The molecule has 0 radical (unpaired) electrons. The molecule has 1 fully saturated rings. The largest absolute Gasteiger partial charge is 0.495 e. The minimum Gasteiger partial charge on any atom is -0.495 e. The van der Waals surface area contributed by atoms with E-state index >= 15 is 0 Å². The molecule has 3 rings (SSSR count). The van der Waals surface area contributed by atoms with Gasteiger partial charge in [0.05, 0.1) is 34.8 Å². The lowest BCUT2D eigenvalue weighted by Crippen LogP contribution is -2.49. The number of ether oxygens (including phenoxy) is 2. The number of sulfonamides is 2. The zero-order chi connectivity index (χ0) is 25.9. The van der Waals surface area contributed by atoms with Crippen LogP contribution in [0.4, 0.5) is 18.9 Å². The molecular weight excluding hydrogens is 511 g/mol. The highest BCUT2D eigenvalue weighted by Crippen LogP contribution is 2.36. The zero-order valence-corrected chi connectivity index (χ0v) is 20.7. The van der Waals surface area contributed by atoms with Gasteiger partial charge in [-0.3, -0.25) is 0 Å². The van der Waals surface area contributed by atoms with Crippen LogP contribution in [-0.4, -0.2) is 74.7 Å². The van der Waals surface area contributed by atoms with Crippen molar-refractivity contribution in [2.75, 3.05) is 58.5 Å². The molecule has 2 aromatic carbocycles. The molecule has 2 aromatic rings. The number of alkyl halides is 3. The Bertz CT molecular complexity index is 1250. The van der Waals surface area contributed by atoms with Crippen LogP contribution in [0.5, 0.6) is 5.75 Å². The molecule has 0 aromatic heterocycles. The molecule has 0 unspecified atom stereocenters. The van der Waals surface area contributed by atoms with E-state index in [-0.39, 0.29) is 44.2 Å². The number of hydrogen-bond acceptors (Lipinski definition) is 7. The first-order chi connectivity index (χ1) is 16.4. The molecule has 0 saturated carbocycles. The second-order valence-electron chi connectivity index (χ2n) is 7.61. The van der Waals surface area contributed by atoms with Crippen LogP contribution in [0.25, 0.3) is 0 Å². The third-order valence-corrected chi connectivity index (χ3v) is 8.86. The van der Waals surface area contributed by atoms with Gasteiger partial charge in [-0.25, -0.2) is 21.6 Å². The van der Waals surface area contributed by atoms with Crippen LogP contribution in [0, 0.1) is 0 Å². The quantitative estimate of drug-likeness (QED) is 0.489. The third-order valence-electron chi connectivity index (χ3n) is 5.45. The number of nitrogens with zero attached hydrogens (tertiary/aromatic N) is 2. The fraction of sp³-hybridized carbons (Fsp3) is 0.429. The van der Waals surface area contributed by atoms with E-state index in [2.05, 4.69) is 4.72 Å². The van der Waals surface area contributed by atoms with Crippen molar-refractivity contribution in [1.82, 2.24) is 9.03 Å². The maximum atomic E-state index is 13.4. The smallest absolute Gasteiger partial charge is 0.417 e. The Hall–Kier alpha value is -2.39. The SMILES string of the molecule is COCCNS(=O)(=O)c1ccc(OC)c(N2CCN(S(=O)(=O)c3ccccc3C(F)(F)F)CC2)c1. The zero-order valence-electron chi connectivity index (χ0n) is 19.1. The van der Waals surface area contributed by atoms with Gasteiger partial charge in [-0.15, -0.1) is 0 Å². The van der Waals surface area contributed by atoms with Crippen molar-refractivity contribution in [2.45, 2.75) is 16.0 Å². The topological polar surface area (TPSA) is 105 Å². The summed E-state index contributed by atoms with van der Waals surface area (Å²) in [5, 5.41) is 0. The molecule has 1 N–H and O–H groups in total. The molecule has 1 aliphatic heterocycles. The van der Waals surface area contributed by atoms with Gasteiger partial charge in [0.15, 0.2) is 0 Å². The predicted molar refractivity (Wildman–Crippen MR) is 122 cm³/mol. The lowest BCUT2D eigenvalue weighted by molar-refractivity contribution is -0.139. The molecule has 0 bridgehead atoms. The van der Waals surface area contributed by atoms with E-state index in [0.717, 1.165) is 22.5 Å². The highest BCUT2D eigenvalue weighted by molar-refractivity contribution is 7.89. The van der Waals surface area contributed by atoms with Crippen molar-refractivity contribution < 1.29 is 39.5 Å². The molecule has 0 spiro atoms. The van der Waals surface area contributed by atoms with Gasteiger partial charge in [0.2, 0.25) is 20.0 Å².